The lowest BCUT2D eigenvalue weighted by Gasteiger charge is -2.40. The number of aryl methyl sites for hydroxylation is 1. The van der Waals surface area contributed by atoms with Gasteiger partial charge in [0, 0.05) is 6.54 Å². The number of aliphatic hydroxyl groups excluding tert-OH is 1. The van der Waals surface area contributed by atoms with E-state index >= 15 is 0 Å². The molecule has 1 aromatic heterocycles. The number of nitrogens with zero attached hydrogens (tertiary/aromatic N) is 2. The van der Waals surface area contributed by atoms with Crippen LogP contribution in [0.3, 0.4) is 0 Å². The molecule has 0 bridgehead atoms. The van der Waals surface area contributed by atoms with E-state index in [1.54, 1.807) is 17.0 Å². The van der Waals surface area contributed by atoms with Gasteiger partial charge < -0.3 is 14.4 Å². The number of hydrogen-bond donors (Lipinski definition) is 1. The number of carbonyl (C=O) groups excluding carboxylic acids is 2. The van der Waals surface area contributed by atoms with Crippen LogP contribution in [0.1, 0.15) is 59.1 Å². The van der Waals surface area contributed by atoms with Crippen LogP contribution in [0.25, 0.3) is 0 Å². The Morgan fingerprint density at radius 1 is 1.03 bits per heavy atom. The summed E-state index contributed by atoms with van der Waals surface area (Å²) in [7, 11) is 0. The predicted molar refractivity (Wildman–Crippen MR) is 137 cm³/mol. The second-order valence-electron chi connectivity index (χ2n) is 9.98. The molecular formula is C30H32N2O4. The van der Waals surface area contributed by atoms with Crippen molar-refractivity contribution < 1.29 is 19.1 Å². The molecule has 1 amide bonds. The summed E-state index contributed by atoms with van der Waals surface area (Å²) in [6.45, 7) is 6.51. The van der Waals surface area contributed by atoms with Crippen molar-refractivity contribution >= 4 is 11.7 Å². The van der Waals surface area contributed by atoms with E-state index < -0.39 is 23.5 Å². The largest absolute Gasteiger partial charge is 0.503 e. The number of carbonyl (C=O) groups is 2. The molecule has 5 rings (SSSR count). The van der Waals surface area contributed by atoms with Crippen LogP contribution >= 0.6 is 0 Å². The van der Waals surface area contributed by atoms with Crippen LogP contribution in [0.15, 0.2) is 88.7 Å². The first-order valence-electron chi connectivity index (χ1n) is 12.6. The third kappa shape index (κ3) is 4.61. The van der Waals surface area contributed by atoms with Gasteiger partial charge in [-0.25, -0.2) is 0 Å². The summed E-state index contributed by atoms with van der Waals surface area (Å²) in [5.74, 6) is -0.715. The first-order chi connectivity index (χ1) is 17.4. The van der Waals surface area contributed by atoms with E-state index in [0.717, 1.165) is 42.6 Å². The van der Waals surface area contributed by atoms with E-state index in [1.165, 1.54) is 6.26 Å². The Morgan fingerprint density at radius 3 is 2.36 bits per heavy atom. The zero-order valence-corrected chi connectivity index (χ0v) is 20.8. The lowest BCUT2D eigenvalue weighted by molar-refractivity contribution is -0.130. The molecule has 0 aliphatic carbocycles. The third-order valence-corrected chi connectivity index (χ3v) is 7.50. The smallest absolute Gasteiger partial charge is 0.290 e. The zero-order chi connectivity index (χ0) is 25.2. The van der Waals surface area contributed by atoms with Crippen LogP contribution in [0.5, 0.6) is 0 Å². The fourth-order valence-electron chi connectivity index (χ4n) is 5.34. The van der Waals surface area contributed by atoms with Gasteiger partial charge in [0.15, 0.2) is 11.5 Å². The Hall–Kier alpha value is -3.64. The molecule has 3 aromatic rings. The topological polar surface area (TPSA) is 74.0 Å². The van der Waals surface area contributed by atoms with Crippen LogP contribution in [-0.2, 0) is 4.79 Å². The molecular weight excluding hydrogens is 452 g/mol. The first-order valence-corrected chi connectivity index (χ1v) is 12.6. The molecule has 0 spiro atoms. The first kappa shape index (κ1) is 24.1. The maximum atomic E-state index is 13.6. The molecule has 2 aromatic carbocycles. The summed E-state index contributed by atoms with van der Waals surface area (Å²) in [4.78, 5) is 31.1. The van der Waals surface area contributed by atoms with E-state index in [9.17, 15) is 14.7 Å². The van der Waals surface area contributed by atoms with E-state index in [-0.39, 0.29) is 17.4 Å². The minimum atomic E-state index is -0.703. The molecule has 0 radical (unpaired) electrons. The highest BCUT2D eigenvalue weighted by Crippen LogP contribution is 2.41. The fourth-order valence-corrected chi connectivity index (χ4v) is 5.34. The van der Waals surface area contributed by atoms with Crippen LogP contribution < -0.4 is 0 Å². The Balaban J connectivity index is 1.55. The third-order valence-electron chi connectivity index (χ3n) is 7.50. The van der Waals surface area contributed by atoms with Crippen LogP contribution in [0.4, 0.5) is 0 Å². The fraction of sp³-hybridized carbons (Fsp3) is 0.333. The quantitative estimate of drug-likeness (QED) is 0.440. The Bertz CT molecular complexity index is 1240. The van der Waals surface area contributed by atoms with E-state index in [0.29, 0.717) is 12.5 Å². The predicted octanol–water partition coefficient (Wildman–Crippen LogP) is 5.64. The van der Waals surface area contributed by atoms with Crippen molar-refractivity contribution in [1.29, 1.82) is 0 Å². The summed E-state index contributed by atoms with van der Waals surface area (Å²) in [6.07, 6.45) is 3.62. The van der Waals surface area contributed by atoms with Crippen molar-refractivity contribution in [2.24, 2.45) is 5.92 Å². The van der Waals surface area contributed by atoms with Crippen molar-refractivity contribution in [3.05, 3.63) is 107 Å². The van der Waals surface area contributed by atoms with Crippen LogP contribution in [0.2, 0.25) is 0 Å². The second kappa shape index (κ2) is 10.2. The number of amides is 1. The van der Waals surface area contributed by atoms with E-state index in [2.05, 4.69) is 24.0 Å². The van der Waals surface area contributed by atoms with Gasteiger partial charge >= 0.3 is 0 Å². The number of aliphatic hydroxyl groups is 1. The minimum absolute atomic E-state index is 0.0542. The molecule has 2 atom stereocenters. The molecule has 1 N–H and O–H groups in total. The average Bonchev–Trinajstić information content (AvgIpc) is 3.52. The van der Waals surface area contributed by atoms with Gasteiger partial charge in [0.05, 0.1) is 23.9 Å². The van der Waals surface area contributed by atoms with Crippen molar-refractivity contribution in [1.82, 2.24) is 9.80 Å². The summed E-state index contributed by atoms with van der Waals surface area (Å²) < 4.78 is 5.35. The monoisotopic (exact) mass is 484 g/mol. The van der Waals surface area contributed by atoms with Crippen molar-refractivity contribution in [2.75, 3.05) is 19.6 Å². The maximum absolute atomic E-state index is 13.6. The molecule has 2 aliphatic rings. The highest BCUT2D eigenvalue weighted by molar-refractivity contribution is 6.15. The summed E-state index contributed by atoms with van der Waals surface area (Å²) in [6, 6.07) is 20.4. The van der Waals surface area contributed by atoms with Crippen molar-refractivity contribution in [2.45, 2.75) is 38.8 Å². The summed E-state index contributed by atoms with van der Waals surface area (Å²) in [5, 5.41) is 11.0. The Labute approximate surface area is 211 Å². The number of piperidine rings is 1. The zero-order valence-electron chi connectivity index (χ0n) is 20.8. The lowest BCUT2D eigenvalue weighted by atomic mass is 9.93. The molecule has 6 heteroatoms. The highest BCUT2D eigenvalue weighted by Gasteiger charge is 2.45. The molecule has 2 aliphatic heterocycles. The van der Waals surface area contributed by atoms with E-state index in [1.807, 2.05) is 49.4 Å². The molecule has 186 valence electrons. The molecule has 0 saturated carbocycles. The molecule has 1 fully saturated rings. The van der Waals surface area contributed by atoms with Gasteiger partial charge in [0.1, 0.15) is 0 Å². The van der Waals surface area contributed by atoms with Crippen molar-refractivity contribution in [3.8, 4) is 0 Å². The van der Waals surface area contributed by atoms with Gasteiger partial charge in [-0.15, -0.1) is 0 Å². The van der Waals surface area contributed by atoms with Gasteiger partial charge in [-0.1, -0.05) is 67.1 Å². The molecule has 2 unspecified atom stereocenters. The number of benzene rings is 2. The van der Waals surface area contributed by atoms with Crippen molar-refractivity contribution in [3.63, 3.8) is 0 Å². The summed E-state index contributed by atoms with van der Waals surface area (Å²) in [5.41, 5.74) is 3.05. The minimum Gasteiger partial charge on any atom is -0.503 e. The number of ketones is 1. The molecule has 6 nitrogen and oxygen atoms in total. The van der Waals surface area contributed by atoms with Gasteiger partial charge in [0.2, 0.25) is 5.78 Å². The number of hydrogen-bond acceptors (Lipinski definition) is 5. The van der Waals surface area contributed by atoms with E-state index in [4.69, 9.17) is 4.42 Å². The number of likely N-dealkylation sites (tertiary alicyclic amines) is 1. The normalized spacial score (nSPS) is 20.2. The number of furan rings is 1. The molecule has 3 heterocycles. The number of Topliss-reactive ketones (excluding diaryl/α,β-unsaturated/α-hetero) is 1. The Kier molecular flexibility index (Phi) is 6.79. The van der Waals surface area contributed by atoms with Crippen LogP contribution in [-0.4, -0.2) is 46.2 Å². The lowest BCUT2D eigenvalue weighted by Crippen LogP contribution is -2.43. The van der Waals surface area contributed by atoms with Gasteiger partial charge in [-0.2, -0.15) is 0 Å². The number of rotatable bonds is 7. The SMILES string of the molecule is Cc1ccc(C2C(C(=O)c3ccco3)=C(O)C(=O)N2CC(c2ccccc2)N2CCC(C)CC2)cc1. The highest BCUT2D eigenvalue weighted by atomic mass is 16.3. The van der Waals surface area contributed by atoms with Gasteiger partial charge in [-0.3, -0.25) is 14.5 Å². The standard InChI is InChI=1S/C30H32N2O4/c1-20-10-12-23(13-11-20)27-26(28(33)25-9-6-18-36-25)29(34)30(35)32(27)19-24(22-7-4-3-5-8-22)31-16-14-21(2)15-17-31/h3-13,18,21,24,27,34H,14-17,19H2,1-2H3. The Morgan fingerprint density at radius 2 is 1.72 bits per heavy atom. The van der Waals surface area contributed by atoms with Gasteiger partial charge in [-0.05, 0) is 62.0 Å². The van der Waals surface area contributed by atoms with Gasteiger partial charge in [0.25, 0.3) is 5.91 Å². The molecule has 1 saturated heterocycles. The average molecular weight is 485 g/mol. The van der Waals surface area contributed by atoms with Crippen LogP contribution in [0, 0.1) is 12.8 Å². The maximum Gasteiger partial charge on any atom is 0.290 e. The molecule has 36 heavy (non-hydrogen) atoms. The second-order valence-corrected chi connectivity index (χ2v) is 9.98. The summed E-state index contributed by atoms with van der Waals surface area (Å²) >= 11 is 0.